The third-order valence-electron chi connectivity index (χ3n) is 2.85. The Hall–Kier alpha value is -2.08. The van der Waals surface area contributed by atoms with Crippen molar-refractivity contribution in [2.75, 3.05) is 0 Å². The predicted octanol–water partition coefficient (Wildman–Crippen LogP) is 3.34. The molecule has 106 valence electrons. The Morgan fingerprint density at radius 3 is 2.65 bits per heavy atom. The molecule has 0 fully saturated rings. The number of aromatic nitrogens is 1. The SMILES string of the molecule is Cc1cnccc1C(N)c1cccc(OC(F)(F)F)c1. The molecule has 0 aliphatic heterocycles. The van der Waals surface area contributed by atoms with Gasteiger partial charge in [0.1, 0.15) is 5.75 Å². The number of pyridine rings is 1. The summed E-state index contributed by atoms with van der Waals surface area (Å²) in [6.07, 6.45) is -1.46. The van der Waals surface area contributed by atoms with Crippen LogP contribution in [0.3, 0.4) is 0 Å². The van der Waals surface area contributed by atoms with Gasteiger partial charge in [-0.15, -0.1) is 13.2 Å². The first-order chi connectivity index (χ1) is 9.37. The number of rotatable bonds is 3. The van der Waals surface area contributed by atoms with Gasteiger partial charge in [0, 0.05) is 12.4 Å². The first-order valence-corrected chi connectivity index (χ1v) is 5.88. The summed E-state index contributed by atoms with van der Waals surface area (Å²) >= 11 is 0. The maximum absolute atomic E-state index is 12.2. The molecule has 0 saturated carbocycles. The number of benzene rings is 1. The minimum absolute atomic E-state index is 0.280. The molecule has 6 heteroatoms. The highest BCUT2D eigenvalue weighted by atomic mass is 19.4. The second kappa shape index (κ2) is 5.50. The van der Waals surface area contributed by atoms with Gasteiger partial charge in [-0.25, -0.2) is 0 Å². The molecule has 1 atom stereocenters. The molecule has 1 aromatic carbocycles. The quantitative estimate of drug-likeness (QED) is 0.939. The highest BCUT2D eigenvalue weighted by molar-refractivity contribution is 5.38. The van der Waals surface area contributed by atoms with Gasteiger partial charge in [-0.2, -0.15) is 0 Å². The lowest BCUT2D eigenvalue weighted by molar-refractivity contribution is -0.274. The Bertz CT molecular complexity index is 599. The lowest BCUT2D eigenvalue weighted by atomic mass is 9.97. The number of nitrogens with two attached hydrogens (primary N) is 1. The van der Waals surface area contributed by atoms with Crippen LogP contribution in [0.5, 0.6) is 5.75 Å². The molecule has 2 aromatic rings. The molecule has 0 spiro atoms. The highest BCUT2D eigenvalue weighted by Gasteiger charge is 2.31. The van der Waals surface area contributed by atoms with Gasteiger partial charge in [0.15, 0.2) is 0 Å². The van der Waals surface area contributed by atoms with Crippen molar-refractivity contribution < 1.29 is 17.9 Å². The van der Waals surface area contributed by atoms with Gasteiger partial charge in [-0.05, 0) is 41.8 Å². The molecule has 0 amide bonds. The molecule has 3 nitrogen and oxygen atoms in total. The molecule has 0 saturated heterocycles. The van der Waals surface area contributed by atoms with Crippen molar-refractivity contribution >= 4 is 0 Å². The Morgan fingerprint density at radius 2 is 2.00 bits per heavy atom. The van der Waals surface area contributed by atoms with E-state index in [1.165, 1.54) is 18.2 Å². The fourth-order valence-corrected chi connectivity index (χ4v) is 1.92. The topological polar surface area (TPSA) is 48.1 Å². The van der Waals surface area contributed by atoms with E-state index in [-0.39, 0.29) is 5.75 Å². The van der Waals surface area contributed by atoms with Gasteiger partial charge in [0.05, 0.1) is 6.04 Å². The zero-order chi connectivity index (χ0) is 14.8. The third kappa shape index (κ3) is 3.48. The molecular formula is C14H13F3N2O. The summed E-state index contributed by atoms with van der Waals surface area (Å²) in [5.74, 6) is -0.280. The summed E-state index contributed by atoms with van der Waals surface area (Å²) in [5.41, 5.74) is 8.31. The van der Waals surface area contributed by atoms with E-state index in [0.717, 1.165) is 11.1 Å². The standard InChI is InChI=1S/C14H13F3N2O/c1-9-8-19-6-5-12(9)13(18)10-3-2-4-11(7-10)20-14(15,16)17/h2-8,13H,18H2,1H3. The van der Waals surface area contributed by atoms with Crippen LogP contribution in [0.15, 0.2) is 42.7 Å². The van der Waals surface area contributed by atoms with Crippen molar-refractivity contribution in [3.05, 3.63) is 59.4 Å². The van der Waals surface area contributed by atoms with Crippen LogP contribution in [-0.2, 0) is 0 Å². The van der Waals surface area contributed by atoms with Crippen molar-refractivity contribution in [2.24, 2.45) is 5.73 Å². The number of nitrogens with zero attached hydrogens (tertiary/aromatic N) is 1. The van der Waals surface area contributed by atoms with Crippen molar-refractivity contribution in [3.63, 3.8) is 0 Å². The summed E-state index contributed by atoms with van der Waals surface area (Å²) in [4.78, 5) is 3.96. The molecule has 20 heavy (non-hydrogen) atoms. The maximum Gasteiger partial charge on any atom is 0.573 e. The summed E-state index contributed by atoms with van der Waals surface area (Å²) in [5, 5.41) is 0. The Morgan fingerprint density at radius 1 is 1.25 bits per heavy atom. The van der Waals surface area contributed by atoms with Crippen molar-refractivity contribution in [2.45, 2.75) is 19.3 Å². The second-order valence-corrected chi connectivity index (χ2v) is 4.33. The van der Waals surface area contributed by atoms with Crippen LogP contribution in [0.1, 0.15) is 22.7 Å². The number of aryl methyl sites for hydroxylation is 1. The largest absolute Gasteiger partial charge is 0.573 e. The van der Waals surface area contributed by atoms with E-state index in [2.05, 4.69) is 9.72 Å². The molecule has 1 heterocycles. The number of alkyl halides is 3. The fraction of sp³-hybridized carbons (Fsp3) is 0.214. The van der Waals surface area contributed by atoms with Gasteiger partial charge in [0.2, 0.25) is 0 Å². The predicted molar refractivity (Wildman–Crippen MR) is 68.1 cm³/mol. The highest BCUT2D eigenvalue weighted by Crippen LogP contribution is 2.28. The normalized spacial score (nSPS) is 13.1. The molecule has 0 bridgehead atoms. The van der Waals surface area contributed by atoms with E-state index in [4.69, 9.17) is 5.73 Å². The number of halogens is 3. The summed E-state index contributed by atoms with van der Waals surface area (Å²) in [6.45, 7) is 1.85. The number of hydrogen-bond acceptors (Lipinski definition) is 3. The Balaban J connectivity index is 2.29. The Kier molecular flexibility index (Phi) is 3.94. The molecule has 1 aromatic heterocycles. The molecule has 2 rings (SSSR count). The first-order valence-electron chi connectivity index (χ1n) is 5.88. The molecule has 1 unspecified atom stereocenters. The van der Waals surface area contributed by atoms with Crippen LogP contribution in [0.2, 0.25) is 0 Å². The number of ether oxygens (including phenoxy) is 1. The first kappa shape index (κ1) is 14.3. The van der Waals surface area contributed by atoms with Gasteiger partial charge >= 0.3 is 6.36 Å². The minimum Gasteiger partial charge on any atom is -0.406 e. The second-order valence-electron chi connectivity index (χ2n) is 4.33. The molecular weight excluding hydrogens is 269 g/mol. The molecule has 0 aliphatic carbocycles. The summed E-state index contributed by atoms with van der Waals surface area (Å²) < 4.78 is 40.5. The summed E-state index contributed by atoms with van der Waals surface area (Å²) in [7, 11) is 0. The zero-order valence-electron chi connectivity index (χ0n) is 10.7. The van der Waals surface area contributed by atoms with Gasteiger partial charge in [0.25, 0.3) is 0 Å². The van der Waals surface area contributed by atoms with E-state index in [0.29, 0.717) is 5.56 Å². The smallest absolute Gasteiger partial charge is 0.406 e. The van der Waals surface area contributed by atoms with Crippen molar-refractivity contribution in [1.82, 2.24) is 4.98 Å². The molecule has 0 radical (unpaired) electrons. The minimum atomic E-state index is -4.71. The third-order valence-corrected chi connectivity index (χ3v) is 2.85. The van der Waals surface area contributed by atoms with E-state index in [1.807, 2.05) is 6.92 Å². The molecule has 2 N–H and O–H groups in total. The van der Waals surface area contributed by atoms with Gasteiger partial charge < -0.3 is 10.5 Å². The van der Waals surface area contributed by atoms with Crippen molar-refractivity contribution in [1.29, 1.82) is 0 Å². The van der Waals surface area contributed by atoms with Gasteiger partial charge in [-0.1, -0.05) is 12.1 Å². The average molecular weight is 282 g/mol. The lowest BCUT2D eigenvalue weighted by Crippen LogP contribution is -2.18. The van der Waals surface area contributed by atoms with E-state index in [1.54, 1.807) is 24.5 Å². The van der Waals surface area contributed by atoms with E-state index in [9.17, 15) is 13.2 Å². The zero-order valence-corrected chi connectivity index (χ0v) is 10.7. The summed E-state index contributed by atoms with van der Waals surface area (Å²) in [6, 6.07) is 6.88. The van der Waals surface area contributed by atoms with E-state index >= 15 is 0 Å². The van der Waals surface area contributed by atoms with Crippen LogP contribution >= 0.6 is 0 Å². The Labute approximate surface area is 114 Å². The fourth-order valence-electron chi connectivity index (χ4n) is 1.92. The van der Waals surface area contributed by atoms with Gasteiger partial charge in [-0.3, -0.25) is 4.98 Å². The monoisotopic (exact) mass is 282 g/mol. The number of hydrogen-bond donors (Lipinski definition) is 1. The maximum atomic E-state index is 12.2. The van der Waals surface area contributed by atoms with E-state index < -0.39 is 12.4 Å². The van der Waals surface area contributed by atoms with Crippen LogP contribution in [0.25, 0.3) is 0 Å². The lowest BCUT2D eigenvalue weighted by Gasteiger charge is -2.16. The molecule has 0 aliphatic rings. The van der Waals surface area contributed by atoms with Crippen LogP contribution < -0.4 is 10.5 Å². The average Bonchev–Trinajstić information content (AvgIpc) is 2.37. The van der Waals surface area contributed by atoms with Crippen LogP contribution in [0, 0.1) is 6.92 Å². The van der Waals surface area contributed by atoms with Crippen LogP contribution in [-0.4, -0.2) is 11.3 Å². The van der Waals surface area contributed by atoms with Crippen molar-refractivity contribution in [3.8, 4) is 5.75 Å². The van der Waals surface area contributed by atoms with Crippen LogP contribution in [0.4, 0.5) is 13.2 Å².